The molecule has 3 N–H and O–H groups in total. The summed E-state index contributed by atoms with van der Waals surface area (Å²) in [6.07, 6.45) is 0. The maximum Gasteiger partial charge on any atom is 0.313 e. The number of nitrogens with one attached hydrogen (secondary N) is 3. The summed E-state index contributed by atoms with van der Waals surface area (Å²) in [6, 6.07) is 17.1. The summed E-state index contributed by atoms with van der Waals surface area (Å²) in [5.41, 5.74) is 2.50. The zero-order valence-corrected chi connectivity index (χ0v) is 13.3. The third-order valence-corrected chi connectivity index (χ3v) is 3.80. The van der Waals surface area contributed by atoms with Gasteiger partial charge in [-0.3, -0.25) is 9.59 Å². The minimum absolute atomic E-state index is 0.483. The predicted molar refractivity (Wildman–Crippen MR) is 94.2 cm³/mol. The van der Waals surface area contributed by atoms with E-state index in [0.717, 1.165) is 24.5 Å². The lowest BCUT2D eigenvalue weighted by Gasteiger charge is -2.26. The lowest BCUT2D eigenvalue weighted by atomic mass is 10.2. The van der Waals surface area contributed by atoms with Crippen molar-refractivity contribution in [3.63, 3.8) is 0 Å². The quantitative estimate of drug-likeness (QED) is 0.753. The van der Waals surface area contributed by atoms with E-state index in [1.54, 1.807) is 17.0 Å². The highest BCUT2D eigenvalue weighted by atomic mass is 16.2. The third kappa shape index (κ3) is 4.11. The molecule has 2 amide bonds. The van der Waals surface area contributed by atoms with Crippen LogP contribution in [-0.2, 0) is 9.59 Å². The summed E-state index contributed by atoms with van der Waals surface area (Å²) >= 11 is 0. The fourth-order valence-corrected chi connectivity index (χ4v) is 2.52. The molecule has 2 aromatic rings. The van der Waals surface area contributed by atoms with Crippen LogP contribution in [0, 0.1) is 0 Å². The fourth-order valence-electron chi connectivity index (χ4n) is 2.52. The van der Waals surface area contributed by atoms with Crippen LogP contribution in [0.4, 0.5) is 17.1 Å². The third-order valence-electron chi connectivity index (χ3n) is 3.80. The van der Waals surface area contributed by atoms with E-state index in [4.69, 9.17) is 0 Å². The minimum atomic E-state index is -0.597. The van der Waals surface area contributed by atoms with Gasteiger partial charge in [0.15, 0.2) is 0 Å². The largest absolute Gasteiger partial charge is 0.356 e. The number of benzene rings is 2. The Morgan fingerprint density at radius 3 is 2.08 bits per heavy atom. The van der Waals surface area contributed by atoms with Gasteiger partial charge >= 0.3 is 11.8 Å². The molecule has 1 heterocycles. The molecule has 0 radical (unpaired) electrons. The van der Waals surface area contributed by atoms with E-state index in [9.17, 15) is 9.59 Å². The van der Waals surface area contributed by atoms with Crippen LogP contribution in [0.25, 0.3) is 0 Å². The first kappa shape index (κ1) is 16.0. The molecule has 0 bridgehead atoms. The fraction of sp³-hybridized carbons (Fsp3) is 0.222. The normalized spacial score (nSPS) is 14.1. The van der Waals surface area contributed by atoms with Crippen LogP contribution in [0.2, 0.25) is 0 Å². The van der Waals surface area contributed by atoms with E-state index in [0.29, 0.717) is 18.8 Å². The standard InChI is InChI=1S/C18H20N4O2/c23-17(18(24)22-12-10-19-11-13-22)21-16-8-6-15(7-9-16)20-14-4-2-1-3-5-14/h1-9,19-20H,10-13H2,(H,21,23). The number of hydrogen-bond acceptors (Lipinski definition) is 4. The zero-order chi connectivity index (χ0) is 16.8. The molecular formula is C18H20N4O2. The highest BCUT2D eigenvalue weighted by Gasteiger charge is 2.23. The van der Waals surface area contributed by atoms with E-state index in [-0.39, 0.29) is 0 Å². The second kappa shape index (κ2) is 7.61. The molecule has 6 nitrogen and oxygen atoms in total. The molecule has 124 valence electrons. The Morgan fingerprint density at radius 2 is 1.42 bits per heavy atom. The summed E-state index contributed by atoms with van der Waals surface area (Å²) in [5, 5.41) is 9.07. The van der Waals surface area contributed by atoms with Crippen molar-refractivity contribution >= 4 is 28.9 Å². The van der Waals surface area contributed by atoms with Gasteiger partial charge in [-0.05, 0) is 36.4 Å². The molecule has 0 saturated carbocycles. The average molecular weight is 324 g/mol. The molecule has 0 aliphatic carbocycles. The average Bonchev–Trinajstić information content (AvgIpc) is 2.64. The Bertz CT molecular complexity index is 695. The van der Waals surface area contributed by atoms with Gasteiger partial charge in [0.2, 0.25) is 0 Å². The first-order chi connectivity index (χ1) is 11.7. The summed E-state index contributed by atoms with van der Waals surface area (Å²) < 4.78 is 0. The molecule has 0 atom stereocenters. The first-order valence-corrected chi connectivity index (χ1v) is 7.95. The number of anilines is 3. The molecule has 1 fully saturated rings. The topological polar surface area (TPSA) is 73.5 Å². The van der Waals surface area contributed by atoms with Crippen molar-refractivity contribution in [3.05, 3.63) is 54.6 Å². The second-order valence-electron chi connectivity index (χ2n) is 5.56. The van der Waals surface area contributed by atoms with Crippen LogP contribution >= 0.6 is 0 Å². The minimum Gasteiger partial charge on any atom is -0.356 e. The summed E-state index contributed by atoms with van der Waals surface area (Å²) in [7, 11) is 0. The second-order valence-corrected chi connectivity index (χ2v) is 5.56. The summed E-state index contributed by atoms with van der Waals surface area (Å²) in [4.78, 5) is 25.7. The predicted octanol–water partition coefficient (Wildman–Crippen LogP) is 1.80. The van der Waals surface area contributed by atoms with Crippen LogP contribution in [0.15, 0.2) is 54.6 Å². The number of hydrogen-bond donors (Lipinski definition) is 3. The SMILES string of the molecule is O=C(Nc1ccc(Nc2ccccc2)cc1)C(=O)N1CCNCC1. The number of carbonyl (C=O) groups is 2. The van der Waals surface area contributed by atoms with E-state index in [1.165, 1.54) is 0 Å². The van der Waals surface area contributed by atoms with Gasteiger partial charge < -0.3 is 20.9 Å². The highest BCUT2D eigenvalue weighted by molar-refractivity contribution is 6.39. The summed E-state index contributed by atoms with van der Waals surface area (Å²) in [5.74, 6) is -1.08. The molecule has 1 aliphatic rings. The lowest BCUT2D eigenvalue weighted by Crippen LogP contribution is -2.49. The van der Waals surface area contributed by atoms with Crippen molar-refractivity contribution < 1.29 is 9.59 Å². The molecule has 0 unspecified atom stereocenters. The number of amides is 2. The van der Waals surface area contributed by atoms with Crippen molar-refractivity contribution in [1.29, 1.82) is 0 Å². The van der Waals surface area contributed by atoms with E-state index >= 15 is 0 Å². The number of para-hydroxylation sites is 1. The molecule has 24 heavy (non-hydrogen) atoms. The number of nitrogens with zero attached hydrogens (tertiary/aromatic N) is 1. The van der Waals surface area contributed by atoms with Crippen molar-refractivity contribution in [2.75, 3.05) is 36.8 Å². The van der Waals surface area contributed by atoms with Gasteiger partial charge in [0.25, 0.3) is 0 Å². The van der Waals surface area contributed by atoms with Gasteiger partial charge in [0.1, 0.15) is 0 Å². The Hall–Kier alpha value is -2.86. The molecule has 3 rings (SSSR count). The molecular weight excluding hydrogens is 304 g/mol. The molecule has 0 spiro atoms. The maximum absolute atomic E-state index is 12.1. The molecule has 0 aromatic heterocycles. The van der Waals surface area contributed by atoms with Crippen molar-refractivity contribution in [2.45, 2.75) is 0 Å². The Labute approximate surface area is 140 Å². The maximum atomic E-state index is 12.1. The molecule has 2 aromatic carbocycles. The molecule has 1 aliphatic heterocycles. The van der Waals surface area contributed by atoms with Crippen LogP contribution in [-0.4, -0.2) is 42.9 Å². The van der Waals surface area contributed by atoms with Crippen LogP contribution in [0.5, 0.6) is 0 Å². The highest BCUT2D eigenvalue weighted by Crippen LogP contribution is 2.18. The lowest BCUT2D eigenvalue weighted by molar-refractivity contribution is -0.143. The van der Waals surface area contributed by atoms with Gasteiger partial charge in [-0.1, -0.05) is 18.2 Å². The van der Waals surface area contributed by atoms with E-state index < -0.39 is 11.8 Å². The van der Waals surface area contributed by atoms with Crippen molar-refractivity contribution in [3.8, 4) is 0 Å². The Morgan fingerprint density at radius 1 is 0.833 bits per heavy atom. The summed E-state index contributed by atoms with van der Waals surface area (Å²) in [6.45, 7) is 2.57. The van der Waals surface area contributed by atoms with Gasteiger partial charge in [-0.15, -0.1) is 0 Å². The Balaban J connectivity index is 1.57. The van der Waals surface area contributed by atoms with Crippen LogP contribution in [0.1, 0.15) is 0 Å². The number of rotatable bonds is 3. The van der Waals surface area contributed by atoms with Crippen molar-refractivity contribution in [1.82, 2.24) is 10.2 Å². The number of carbonyl (C=O) groups excluding carboxylic acids is 2. The monoisotopic (exact) mass is 324 g/mol. The van der Waals surface area contributed by atoms with E-state index in [2.05, 4.69) is 16.0 Å². The van der Waals surface area contributed by atoms with Crippen molar-refractivity contribution in [2.24, 2.45) is 0 Å². The van der Waals surface area contributed by atoms with Gasteiger partial charge in [-0.25, -0.2) is 0 Å². The number of piperazine rings is 1. The van der Waals surface area contributed by atoms with E-state index in [1.807, 2.05) is 42.5 Å². The zero-order valence-electron chi connectivity index (χ0n) is 13.3. The Kier molecular flexibility index (Phi) is 5.08. The van der Waals surface area contributed by atoms with Crippen LogP contribution in [0.3, 0.4) is 0 Å². The van der Waals surface area contributed by atoms with Crippen LogP contribution < -0.4 is 16.0 Å². The van der Waals surface area contributed by atoms with Gasteiger partial charge in [-0.2, -0.15) is 0 Å². The smallest absolute Gasteiger partial charge is 0.313 e. The first-order valence-electron chi connectivity index (χ1n) is 7.95. The van der Waals surface area contributed by atoms with Gasteiger partial charge in [0, 0.05) is 43.2 Å². The van der Waals surface area contributed by atoms with Gasteiger partial charge in [0.05, 0.1) is 0 Å². The molecule has 6 heteroatoms. The molecule has 1 saturated heterocycles.